The topological polar surface area (TPSA) is 102 Å². The number of hydrogen-bond donors (Lipinski definition) is 1. The molecule has 0 aromatic carbocycles. The van der Waals surface area contributed by atoms with Crippen molar-refractivity contribution in [1.29, 1.82) is 0 Å². The van der Waals surface area contributed by atoms with Crippen LogP contribution in [0.5, 0.6) is 5.75 Å². The van der Waals surface area contributed by atoms with Crippen molar-refractivity contribution in [2.24, 2.45) is 0 Å². The molecule has 1 unspecified atom stereocenters. The third kappa shape index (κ3) is 3.21. The minimum Gasteiger partial charge on any atom is -0.505 e. The van der Waals surface area contributed by atoms with Gasteiger partial charge >= 0.3 is 6.09 Å². The molecule has 1 atom stereocenters. The van der Waals surface area contributed by atoms with E-state index in [9.17, 15) is 19.5 Å². The first-order valence-electron chi connectivity index (χ1n) is 6.52. The Bertz CT molecular complexity index is 587. The Balaban J connectivity index is 2.22. The molecule has 1 aromatic rings. The highest BCUT2D eigenvalue weighted by molar-refractivity contribution is 6.11. The summed E-state index contributed by atoms with van der Waals surface area (Å²) in [4.78, 5) is 36.7. The normalized spacial score (nSPS) is 19.8. The largest absolute Gasteiger partial charge is 0.505 e. The molecule has 0 radical (unpaired) electrons. The molecule has 1 aromatic heterocycles. The predicted molar refractivity (Wildman–Crippen MR) is 70.2 cm³/mol. The third-order valence-corrected chi connectivity index (χ3v) is 2.87. The van der Waals surface area contributed by atoms with E-state index in [1.54, 1.807) is 20.8 Å². The van der Waals surface area contributed by atoms with E-state index in [0.29, 0.717) is 4.90 Å². The number of imide groups is 3. The van der Waals surface area contributed by atoms with E-state index in [-0.39, 0.29) is 18.6 Å². The molecule has 1 aliphatic heterocycles. The molecule has 1 fully saturated rings. The molecule has 0 bridgehead atoms. The maximum atomic E-state index is 12.3. The van der Waals surface area contributed by atoms with Crippen molar-refractivity contribution in [3.05, 3.63) is 12.4 Å². The molecule has 1 N–H and O–H groups in total. The lowest BCUT2D eigenvalue weighted by Crippen LogP contribution is -2.50. The molecule has 0 aliphatic carbocycles. The van der Waals surface area contributed by atoms with E-state index in [2.05, 4.69) is 5.10 Å². The number of likely N-dealkylation sites (tertiary alicyclic amines) is 1. The minimum atomic E-state index is -0.987. The van der Waals surface area contributed by atoms with Crippen molar-refractivity contribution >= 4 is 17.9 Å². The Kier molecular flexibility index (Phi) is 3.71. The van der Waals surface area contributed by atoms with E-state index >= 15 is 0 Å². The molecule has 8 nitrogen and oxygen atoms in total. The van der Waals surface area contributed by atoms with Crippen LogP contribution in [0.15, 0.2) is 12.4 Å². The molecular weight excluding hydrogens is 278 g/mol. The van der Waals surface area contributed by atoms with Gasteiger partial charge in [0, 0.05) is 6.42 Å². The summed E-state index contributed by atoms with van der Waals surface area (Å²) in [6.07, 6.45) is 1.71. The van der Waals surface area contributed by atoms with E-state index in [4.69, 9.17) is 4.74 Å². The average molecular weight is 295 g/mol. The lowest BCUT2D eigenvalue weighted by Gasteiger charge is -2.30. The number of carbonyl (C=O) groups excluding carboxylic acids is 3. The molecule has 2 rings (SSSR count). The zero-order valence-electron chi connectivity index (χ0n) is 12.1. The van der Waals surface area contributed by atoms with Crippen molar-refractivity contribution in [2.45, 2.75) is 45.3 Å². The van der Waals surface area contributed by atoms with Crippen LogP contribution in [-0.2, 0) is 14.3 Å². The summed E-state index contributed by atoms with van der Waals surface area (Å²) in [5.41, 5.74) is -0.811. The Morgan fingerprint density at radius 1 is 1.43 bits per heavy atom. The number of aromatic hydroxyl groups is 1. The zero-order chi connectivity index (χ0) is 15.8. The predicted octanol–water partition coefficient (Wildman–Crippen LogP) is 1.21. The van der Waals surface area contributed by atoms with Crippen molar-refractivity contribution in [3.63, 3.8) is 0 Å². The van der Waals surface area contributed by atoms with Crippen molar-refractivity contribution in [2.75, 3.05) is 0 Å². The van der Waals surface area contributed by atoms with E-state index in [1.807, 2.05) is 0 Å². The summed E-state index contributed by atoms with van der Waals surface area (Å²) in [6, 6.07) is -0.809. The lowest BCUT2D eigenvalue weighted by atomic mass is 10.0. The smallest absolute Gasteiger partial charge is 0.424 e. The molecule has 114 valence electrons. The Morgan fingerprint density at radius 2 is 2.10 bits per heavy atom. The van der Waals surface area contributed by atoms with Gasteiger partial charge < -0.3 is 9.84 Å². The van der Waals surface area contributed by atoms with Crippen LogP contribution in [0.25, 0.3) is 0 Å². The van der Waals surface area contributed by atoms with Crippen LogP contribution in [0.2, 0.25) is 0 Å². The highest BCUT2D eigenvalue weighted by Gasteiger charge is 2.41. The Morgan fingerprint density at radius 3 is 2.62 bits per heavy atom. The van der Waals surface area contributed by atoms with Crippen LogP contribution in [0.1, 0.15) is 39.7 Å². The molecule has 8 heteroatoms. The van der Waals surface area contributed by atoms with Gasteiger partial charge in [-0.2, -0.15) is 10.00 Å². The maximum Gasteiger partial charge on any atom is 0.424 e. The second-order valence-electron chi connectivity index (χ2n) is 5.78. The third-order valence-electron chi connectivity index (χ3n) is 2.87. The summed E-state index contributed by atoms with van der Waals surface area (Å²) >= 11 is 0. The number of piperidine rings is 1. The van der Waals surface area contributed by atoms with Crippen LogP contribution < -0.4 is 0 Å². The van der Waals surface area contributed by atoms with Gasteiger partial charge in [-0.25, -0.2) is 4.79 Å². The van der Waals surface area contributed by atoms with Gasteiger partial charge in [-0.15, -0.1) is 0 Å². The van der Waals surface area contributed by atoms with Gasteiger partial charge in [0.05, 0.1) is 12.4 Å². The summed E-state index contributed by atoms with van der Waals surface area (Å²) in [6.45, 7) is 4.94. The van der Waals surface area contributed by atoms with Gasteiger partial charge in [0.25, 0.3) is 5.91 Å². The summed E-state index contributed by atoms with van der Waals surface area (Å²) < 4.78 is 6.31. The number of ether oxygens (including phenoxy) is 1. The second-order valence-corrected chi connectivity index (χ2v) is 5.78. The number of carbonyl (C=O) groups is 3. The molecule has 2 heterocycles. The second kappa shape index (κ2) is 5.19. The fourth-order valence-corrected chi connectivity index (χ4v) is 2.01. The van der Waals surface area contributed by atoms with Crippen LogP contribution in [0.3, 0.4) is 0 Å². The first-order valence-corrected chi connectivity index (χ1v) is 6.52. The minimum absolute atomic E-state index is 0.0241. The summed E-state index contributed by atoms with van der Waals surface area (Å²) in [7, 11) is 0. The molecule has 1 saturated heterocycles. The summed E-state index contributed by atoms with van der Waals surface area (Å²) in [5, 5.41) is 13.1. The van der Waals surface area contributed by atoms with Crippen LogP contribution in [-0.4, -0.2) is 43.3 Å². The Labute approximate surface area is 121 Å². The van der Waals surface area contributed by atoms with Gasteiger partial charge in [0.2, 0.25) is 5.91 Å². The molecular formula is C13H17N3O5. The molecule has 3 amide bonds. The van der Waals surface area contributed by atoms with E-state index < -0.39 is 29.6 Å². The fourth-order valence-electron chi connectivity index (χ4n) is 2.01. The first-order chi connectivity index (χ1) is 9.69. The number of rotatable bonds is 1. The van der Waals surface area contributed by atoms with Crippen molar-refractivity contribution in [1.82, 2.24) is 14.7 Å². The highest BCUT2D eigenvalue weighted by Crippen LogP contribution is 2.26. The lowest BCUT2D eigenvalue weighted by molar-refractivity contribution is -0.149. The van der Waals surface area contributed by atoms with Crippen LogP contribution in [0.4, 0.5) is 4.79 Å². The monoisotopic (exact) mass is 295 g/mol. The zero-order valence-corrected chi connectivity index (χ0v) is 12.1. The van der Waals surface area contributed by atoms with Gasteiger partial charge in [-0.3, -0.25) is 14.3 Å². The number of nitrogens with zero attached hydrogens (tertiary/aromatic N) is 3. The Hall–Kier alpha value is -2.38. The number of aromatic nitrogens is 2. The fraction of sp³-hybridized carbons (Fsp3) is 0.538. The number of hydrogen-bond acceptors (Lipinski definition) is 6. The highest BCUT2D eigenvalue weighted by atomic mass is 16.6. The number of amides is 3. The average Bonchev–Trinajstić information content (AvgIpc) is 2.73. The first kappa shape index (κ1) is 15.0. The maximum absolute atomic E-state index is 12.3. The SMILES string of the molecule is CC(C)(C)OC(=O)N1C(=O)CCC(n2cc(O)cn2)C1=O. The quantitative estimate of drug-likeness (QED) is 0.781. The van der Waals surface area contributed by atoms with Crippen molar-refractivity contribution in [3.8, 4) is 5.75 Å². The van der Waals surface area contributed by atoms with Crippen molar-refractivity contribution < 1.29 is 24.2 Å². The molecule has 21 heavy (non-hydrogen) atoms. The van der Waals surface area contributed by atoms with E-state index in [1.165, 1.54) is 17.1 Å². The van der Waals surface area contributed by atoms with Crippen LogP contribution >= 0.6 is 0 Å². The summed E-state index contributed by atoms with van der Waals surface area (Å²) in [5.74, 6) is -1.39. The van der Waals surface area contributed by atoms with Gasteiger partial charge in [0.1, 0.15) is 11.6 Å². The molecule has 0 spiro atoms. The standard InChI is InChI=1S/C13H17N3O5/c1-13(2,3)21-12(20)16-10(18)5-4-9(11(16)19)15-7-8(17)6-14-15/h6-7,9,17H,4-5H2,1-3H3. The molecule has 1 aliphatic rings. The van der Waals surface area contributed by atoms with Crippen LogP contribution in [0, 0.1) is 0 Å². The van der Waals surface area contributed by atoms with Gasteiger partial charge in [-0.05, 0) is 27.2 Å². The van der Waals surface area contributed by atoms with E-state index in [0.717, 1.165) is 0 Å². The molecule has 0 saturated carbocycles. The van der Waals surface area contributed by atoms with Gasteiger partial charge in [0.15, 0.2) is 5.75 Å². The van der Waals surface area contributed by atoms with Gasteiger partial charge in [-0.1, -0.05) is 0 Å².